The molecule has 0 aliphatic heterocycles. The molecule has 94 valence electrons. The summed E-state index contributed by atoms with van der Waals surface area (Å²) in [5.74, 6) is 0. The molecule has 0 bridgehead atoms. The van der Waals surface area contributed by atoms with E-state index in [1.165, 1.54) is 0 Å². The van der Waals surface area contributed by atoms with Crippen LogP contribution < -0.4 is 11.2 Å². The Kier molecular flexibility index (Phi) is 7.05. The van der Waals surface area contributed by atoms with Crippen LogP contribution in [0.15, 0.2) is 5.10 Å². The van der Waals surface area contributed by atoms with Crippen molar-refractivity contribution < 1.29 is 25.5 Å². The summed E-state index contributed by atoms with van der Waals surface area (Å²) in [7, 11) is 0. The number of hydrogen-bond donors (Lipinski definition) is 7. The third-order valence-electron chi connectivity index (χ3n) is 1.68. The van der Waals surface area contributed by atoms with E-state index in [-0.39, 0.29) is 5.11 Å². The third kappa shape index (κ3) is 5.30. The standard InChI is InChI=1S/C7H15N3O5S/c8-7(16)10-9-1-3(12)5(14)6(15)4(13)2-11/h1,3-6,11-15H,2H2,(H3,8,10,16)/b9-1+/t3-,4+,5+,6+/m0/s1. The highest BCUT2D eigenvalue weighted by Crippen LogP contribution is 2.03. The molecule has 9 heteroatoms. The zero-order valence-electron chi connectivity index (χ0n) is 8.26. The Morgan fingerprint density at radius 2 is 1.88 bits per heavy atom. The average Bonchev–Trinajstić information content (AvgIpc) is 2.25. The maximum Gasteiger partial charge on any atom is 0.184 e. The summed E-state index contributed by atoms with van der Waals surface area (Å²) >= 11 is 4.41. The van der Waals surface area contributed by atoms with Gasteiger partial charge in [0.25, 0.3) is 0 Å². The van der Waals surface area contributed by atoms with Gasteiger partial charge in [0, 0.05) is 0 Å². The number of nitrogens with zero attached hydrogens (tertiary/aromatic N) is 1. The highest BCUT2D eigenvalue weighted by molar-refractivity contribution is 7.80. The molecule has 0 unspecified atom stereocenters. The minimum Gasteiger partial charge on any atom is -0.394 e. The lowest BCUT2D eigenvalue weighted by molar-refractivity contribution is -0.0999. The SMILES string of the molecule is NC(=S)N/N=C/[C@H](O)[C@@H](O)[C@H](O)[C@H](O)CO. The van der Waals surface area contributed by atoms with E-state index in [9.17, 15) is 15.3 Å². The molecule has 0 saturated carbocycles. The van der Waals surface area contributed by atoms with Gasteiger partial charge >= 0.3 is 0 Å². The highest BCUT2D eigenvalue weighted by Gasteiger charge is 2.29. The Morgan fingerprint density at radius 1 is 1.31 bits per heavy atom. The van der Waals surface area contributed by atoms with Crippen molar-refractivity contribution in [2.45, 2.75) is 24.4 Å². The van der Waals surface area contributed by atoms with Crippen molar-refractivity contribution in [2.24, 2.45) is 10.8 Å². The minimum absolute atomic E-state index is 0.131. The molecule has 0 amide bonds. The maximum atomic E-state index is 9.30. The number of thiocarbonyl (C=S) groups is 1. The van der Waals surface area contributed by atoms with Crippen molar-refractivity contribution >= 4 is 23.5 Å². The van der Waals surface area contributed by atoms with E-state index in [4.69, 9.17) is 15.9 Å². The molecule has 0 aliphatic carbocycles. The number of nitrogens with one attached hydrogen (secondary N) is 1. The van der Waals surface area contributed by atoms with E-state index >= 15 is 0 Å². The van der Waals surface area contributed by atoms with Crippen molar-refractivity contribution in [3.8, 4) is 0 Å². The molecular formula is C7H15N3O5S. The van der Waals surface area contributed by atoms with Crippen LogP contribution in [0.25, 0.3) is 0 Å². The van der Waals surface area contributed by atoms with E-state index in [0.717, 1.165) is 6.21 Å². The van der Waals surface area contributed by atoms with E-state index in [2.05, 4.69) is 22.7 Å². The normalized spacial score (nSPS) is 19.1. The summed E-state index contributed by atoms with van der Waals surface area (Å²) in [6.45, 7) is -0.743. The summed E-state index contributed by atoms with van der Waals surface area (Å²) in [4.78, 5) is 0. The van der Waals surface area contributed by atoms with Crippen molar-refractivity contribution in [2.75, 3.05) is 6.61 Å². The largest absolute Gasteiger partial charge is 0.394 e. The smallest absolute Gasteiger partial charge is 0.184 e. The first kappa shape index (κ1) is 15.2. The summed E-state index contributed by atoms with van der Waals surface area (Å²) in [5.41, 5.74) is 7.15. The number of hydrazone groups is 1. The molecular weight excluding hydrogens is 238 g/mol. The first-order chi connectivity index (χ1) is 7.40. The fourth-order valence-electron chi connectivity index (χ4n) is 0.803. The molecule has 0 rings (SSSR count). The van der Waals surface area contributed by atoms with Crippen LogP contribution >= 0.6 is 12.2 Å². The van der Waals surface area contributed by atoms with Gasteiger partial charge in [0.05, 0.1) is 12.8 Å². The van der Waals surface area contributed by atoms with Gasteiger partial charge in [-0.05, 0) is 12.2 Å². The highest BCUT2D eigenvalue weighted by atomic mass is 32.1. The second-order valence-electron chi connectivity index (χ2n) is 2.98. The predicted octanol–water partition coefficient (Wildman–Crippen LogP) is -3.76. The van der Waals surface area contributed by atoms with Crippen LogP contribution in [0.1, 0.15) is 0 Å². The topological polar surface area (TPSA) is 152 Å². The van der Waals surface area contributed by atoms with Crippen LogP contribution in [-0.2, 0) is 0 Å². The Hall–Kier alpha value is -0.840. The number of hydrogen-bond acceptors (Lipinski definition) is 7. The summed E-state index contributed by atoms with van der Waals surface area (Å²) in [5, 5.41) is 48.5. The number of rotatable bonds is 6. The van der Waals surface area contributed by atoms with Crippen molar-refractivity contribution in [3.05, 3.63) is 0 Å². The minimum atomic E-state index is -1.70. The lowest BCUT2D eigenvalue weighted by atomic mass is 10.0. The fraction of sp³-hybridized carbons (Fsp3) is 0.714. The molecule has 4 atom stereocenters. The monoisotopic (exact) mass is 253 g/mol. The Bertz CT molecular complexity index is 252. The van der Waals surface area contributed by atoms with Crippen LogP contribution in [0.2, 0.25) is 0 Å². The van der Waals surface area contributed by atoms with Gasteiger partial charge in [-0.3, -0.25) is 5.43 Å². The van der Waals surface area contributed by atoms with Crippen molar-refractivity contribution in [3.63, 3.8) is 0 Å². The molecule has 0 aromatic rings. The molecule has 16 heavy (non-hydrogen) atoms. The van der Waals surface area contributed by atoms with E-state index in [0.29, 0.717) is 0 Å². The molecule has 0 spiro atoms. The summed E-state index contributed by atoms with van der Waals surface area (Å²) in [6.07, 6.45) is -5.65. The van der Waals surface area contributed by atoms with Crippen LogP contribution in [-0.4, -0.2) is 67.9 Å². The van der Waals surface area contributed by atoms with Gasteiger partial charge in [-0.2, -0.15) is 5.10 Å². The number of aliphatic hydroxyl groups is 5. The fourth-order valence-corrected chi connectivity index (χ4v) is 0.856. The Morgan fingerprint density at radius 3 is 2.31 bits per heavy atom. The van der Waals surface area contributed by atoms with Crippen LogP contribution in [0, 0.1) is 0 Å². The summed E-state index contributed by atoms with van der Waals surface area (Å²) in [6, 6.07) is 0. The average molecular weight is 253 g/mol. The van der Waals surface area contributed by atoms with Crippen molar-refractivity contribution in [1.29, 1.82) is 0 Å². The van der Waals surface area contributed by atoms with Gasteiger partial charge in [-0.15, -0.1) is 0 Å². The third-order valence-corrected chi connectivity index (χ3v) is 1.77. The van der Waals surface area contributed by atoms with Crippen LogP contribution in [0.3, 0.4) is 0 Å². The van der Waals surface area contributed by atoms with Gasteiger partial charge in [-0.25, -0.2) is 0 Å². The summed E-state index contributed by atoms with van der Waals surface area (Å²) < 4.78 is 0. The van der Waals surface area contributed by atoms with Crippen LogP contribution in [0.4, 0.5) is 0 Å². The van der Waals surface area contributed by atoms with E-state index < -0.39 is 31.0 Å². The molecule has 0 aliphatic rings. The molecule has 0 fully saturated rings. The van der Waals surface area contributed by atoms with Gasteiger partial charge in [0.2, 0.25) is 0 Å². The van der Waals surface area contributed by atoms with Gasteiger partial charge in [0.1, 0.15) is 24.4 Å². The second kappa shape index (κ2) is 7.44. The molecule has 8 nitrogen and oxygen atoms in total. The number of nitrogens with two attached hydrogens (primary N) is 1. The quantitative estimate of drug-likeness (QED) is 0.145. The van der Waals surface area contributed by atoms with Gasteiger partial charge in [-0.1, -0.05) is 0 Å². The van der Waals surface area contributed by atoms with E-state index in [1.54, 1.807) is 0 Å². The molecule has 0 saturated heterocycles. The molecule has 8 N–H and O–H groups in total. The van der Waals surface area contributed by atoms with Crippen molar-refractivity contribution in [1.82, 2.24) is 5.43 Å². The lowest BCUT2D eigenvalue weighted by Crippen LogP contribution is -2.46. The number of aliphatic hydroxyl groups excluding tert-OH is 5. The molecule has 0 heterocycles. The van der Waals surface area contributed by atoms with Gasteiger partial charge in [0.15, 0.2) is 5.11 Å². The predicted molar refractivity (Wildman–Crippen MR) is 59.5 cm³/mol. The van der Waals surface area contributed by atoms with E-state index in [1.807, 2.05) is 0 Å². The zero-order valence-corrected chi connectivity index (χ0v) is 9.08. The first-order valence-electron chi connectivity index (χ1n) is 4.32. The Balaban J connectivity index is 4.21. The van der Waals surface area contributed by atoms with Crippen LogP contribution in [0.5, 0.6) is 0 Å². The molecule has 0 radical (unpaired) electrons. The second-order valence-corrected chi connectivity index (χ2v) is 3.42. The first-order valence-corrected chi connectivity index (χ1v) is 4.72. The Labute approximate surface area is 97.0 Å². The maximum absolute atomic E-state index is 9.30. The van der Waals surface area contributed by atoms with Gasteiger partial charge < -0.3 is 31.3 Å². The lowest BCUT2D eigenvalue weighted by Gasteiger charge is -2.23. The molecule has 0 aromatic carbocycles. The molecule has 0 aromatic heterocycles. The zero-order chi connectivity index (χ0) is 12.7.